The summed E-state index contributed by atoms with van der Waals surface area (Å²) in [6.07, 6.45) is 3.96. The molecule has 1 atom stereocenters. The van der Waals surface area contributed by atoms with Gasteiger partial charge in [-0.2, -0.15) is 0 Å². The van der Waals surface area contributed by atoms with Gasteiger partial charge in [0.1, 0.15) is 0 Å². The van der Waals surface area contributed by atoms with Crippen molar-refractivity contribution in [2.75, 3.05) is 0 Å². The lowest BCUT2D eigenvalue weighted by Gasteiger charge is -2.18. The smallest absolute Gasteiger partial charge is 0.0222 e. The second-order valence-electron chi connectivity index (χ2n) is 6.08. The van der Waals surface area contributed by atoms with Crippen molar-refractivity contribution < 1.29 is 0 Å². The Kier molecular flexibility index (Phi) is 3.94. The molecule has 0 heterocycles. The highest BCUT2D eigenvalue weighted by atomic mass is 79.9. The van der Waals surface area contributed by atoms with E-state index in [1.807, 2.05) is 0 Å². The highest BCUT2D eigenvalue weighted by Crippen LogP contribution is 2.37. The van der Waals surface area contributed by atoms with Crippen LogP contribution in [0.3, 0.4) is 0 Å². The zero-order valence-corrected chi connectivity index (χ0v) is 12.6. The van der Waals surface area contributed by atoms with Crippen molar-refractivity contribution in [1.29, 1.82) is 0 Å². The Morgan fingerprint density at radius 3 is 2.76 bits per heavy atom. The second kappa shape index (κ2) is 5.11. The molecule has 1 fully saturated rings. The van der Waals surface area contributed by atoms with Gasteiger partial charge in [-0.25, -0.2) is 0 Å². The van der Waals surface area contributed by atoms with Crippen molar-refractivity contribution >= 4 is 15.9 Å². The van der Waals surface area contributed by atoms with Gasteiger partial charge in [0.2, 0.25) is 0 Å². The molecule has 2 rings (SSSR count). The number of nitrogens with one attached hydrogen (secondary N) is 1. The molecule has 1 aromatic carbocycles. The van der Waals surface area contributed by atoms with Crippen molar-refractivity contribution in [3.8, 4) is 0 Å². The Labute approximate surface area is 113 Å². The summed E-state index contributed by atoms with van der Waals surface area (Å²) >= 11 is 3.64. The first kappa shape index (κ1) is 13.1. The van der Waals surface area contributed by atoms with Gasteiger partial charge >= 0.3 is 0 Å². The van der Waals surface area contributed by atoms with Gasteiger partial charge in [-0.15, -0.1) is 0 Å². The first-order valence-corrected chi connectivity index (χ1v) is 7.24. The first-order chi connectivity index (χ1) is 7.96. The highest BCUT2D eigenvalue weighted by Gasteiger charge is 2.30. The third-order valence-electron chi connectivity index (χ3n) is 3.76. The summed E-state index contributed by atoms with van der Waals surface area (Å²) in [6, 6.07) is 7.28. The number of hydrogen-bond donors (Lipinski definition) is 1. The van der Waals surface area contributed by atoms with E-state index in [0.29, 0.717) is 11.5 Å². The van der Waals surface area contributed by atoms with Crippen molar-refractivity contribution in [3.05, 3.63) is 33.8 Å². The standard InChI is InChI=1S/C15H22BrN/c1-11-4-5-12(14(16)8-11)10-17-13-6-7-15(2,3)9-13/h4-5,8,13,17H,6-7,9-10H2,1-3H3. The first-order valence-electron chi connectivity index (χ1n) is 6.45. The summed E-state index contributed by atoms with van der Waals surface area (Å²) in [5, 5.41) is 3.68. The van der Waals surface area contributed by atoms with Crippen molar-refractivity contribution in [3.63, 3.8) is 0 Å². The number of rotatable bonds is 3. The Morgan fingerprint density at radius 1 is 1.41 bits per heavy atom. The summed E-state index contributed by atoms with van der Waals surface area (Å²) in [7, 11) is 0. The van der Waals surface area contributed by atoms with Crippen LogP contribution in [0.4, 0.5) is 0 Å². The van der Waals surface area contributed by atoms with Crippen LogP contribution in [0.15, 0.2) is 22.7 Å². The third-order valence-corrected chi connectivity index (χ3v) is 4.50. The van der Waals surface area contributed by atoms with Gasteiger partial charge in [0, 0.05) is 17.1 Å². The number of benzene rings is 1. The molecule has 0 saturated heterocycles. The molecule has 0 radical (unpaired) electrons. The molecule has 1 nitrogen and oxygen atoms in total. The molecule has 17 heavy (non-hydrogen) atoms. The van der Waals surface area contributed by atoms with E-state index < -0.39 is 0 Å². The molecule has 0 aromatic heterocycles. The van der Waals surface area contributed by atoms with Crippen LogP contribution >= 0.6 is 15.9 Å². The molecule has 1 aliphatic carbocycles. The van der Waals surface area contributed by atoms with Crippen LogP contribution in [0.1, 0.15) is 44.2 Å². The van der Waals surface area contributed by atoms with Crippen LogP contribution in [-0.4, -0.2) is 6.04 Å². The van der Waals surface area contributed by atoms with Gasteiger partial charge in [0.05, 0.1) is 0 Å². The van der Waals surface area contributed by atoms with Gasteiger partial charge in [-0.3, -0.25) is 0 Å². The lowest BCUT2D eigenvalue weighted by Crippen LogP contribution is -2.26. The van der Waals surface area contributed by atoms with E-state index in [2.05, 4.69) is 60.2 Å². The predicted molar refractivity (Wildman–Crippen MR) is 77.1 cm³/mol. The maximum atomic E-state index is 3.68. The van der Waals surface area contributed by atoms with Crippen LogP contribution in [0, 0.1) is 12.3 Å². The molecular formula is C15H22BrN. The summed E-state index contributed by atoms with van der Waals surface area (Å²) in [6.45, 7) is 7.84. The zero-order valence-electron chi connectivity index (χ0n) is 11.0. The van der Waals surface area contributed by atoms with Crippen molar-refractivity contribution in [2.24, 2.45) is 5.41 Å². The SMILES string of the molecule is Cc1ccc(CNC2CCC(C)(C)C2)c(Br)c1. The number of hydrogen-bond acceptors (Lipinski definition) is 1. The molecule has 0 spiro atoms. The molecular weight excluding hydrogens is 274 g/mol. The van der Waals surface area contributed by atoms with E-state index in [4.69, 9.17) is 0 Å². The molecule has 0 amide bonds. The van der Waals surface area contributed by atoms with E-state index in [1.165, 1.54) is 34.9 Å². The zero-order chi connectivity index (χ0) is 12.5. The van der Waals surface area contributed by atoms with Gasteiger partial charge in [-0.05, 0) is 48.8 Å². The molecule has 1 N–H and O–H groups in total. The maximum absolute atomic E-state index is 3.68. The topological polar surface area (TPSA) is 12.0 Å². The average molecular weight is 296 g/mol. The minimum Gasteiger partial charge on any atom is -0.310 e. The number of aryl methyl sites for hydroxylation is 1. The highest BCUT2D eigenvalue weighted by molar-refractivity contribution is 9.10. The molecule has 1 aromatic rings. The molecule has 0 bridgehead atoms. The van der Waals surface area contributed by atoms with Crippen LogP contribution in [0.25, 0.3) is 0 Å². The van der Waals surface area contributed by atoms with E-state index in [-0.39, 0.29) is 0 Å². The maximum Gasteiger partial charge on any atom is 0.0222 e. The molecule has 1 unspecified atom stereocenters. The fourth-order valence-electron chi connectivity index (χ4n) is 2.66. The molecule has 2 heteroatoms. The Hall–Kier alpha value is -0.340. The third kappa shape index (κ3) is 3.56. The van der Waals surface area contributed by atoms with E-state index in [9.17, 15) is 0 Å². The normalized spacial score (nSPS) is 22.9. The second-order valence-corrected chi connectivity index (χ2v) is 6.93. The summed E-state index contributed by atoms with van der Waals surface area (Å²) in [4.78, 5) is 0. The fraction of sp³-hybridized carbons (Fsp3) is 0.600. The Balaban J connectivity index is 1.90. The van der Waals surface area contributed by atoms with E-state index >= 15 is 0 Å². The van der Waals surface area contributed by atoms with Gasteiger partial charge in [0.25, 0.3) is 0 Å². The lowest BCUT2D eigenvalue weighted by atomic mass is 9.92. The Bertz CT molecular complexity index is 398. The van der Waals surface area contributed by atoms with Crippen LogP contribution in [0.2, 0.25) is 0 Å². The molecule has 1 saturated carbocycles. The van der Waals surface area contributed by atoms with Crippen LogP contribution in [0.5, 0.6) is 0 Å². The number of halogens is 1. The fourth-order valence-corrected chi connectivity index (χ4v) is 3.29. The molecule has 94 valence electrons. The van der Waals surface area contributed by atoms with Crippen LogP contribution in [-0.2, 0) is 6.54 Å². The van der Waals surface area contributed by atoms with Gasteiger partial charge in [-0.1, -0.05) is 41.9 Å². The molecule has 0 aliphatic heterocycles. The largest absolute Gasteiger partial charge is 0.310 e. The summed E-state index contributed by atoms with van der Waals surface area (Å²) < 4.78 is 1.22. The van der Waals surface area contributed by atoms with E-state index in [1.54, 1.807) is 0 Å². The Morgan fingerprint density at radius 2 is 2.18 bits per heavy atom. The summed E-state index contributed by atoms with van der Waals surface area (Å²) in [5.41, 5.74) is 3.20. The molecule has 1 aliphatic rings. The van der Waals surface area contributed by atoms with Crippen LogP contribution < -0.4 is 5.32 Å². The minimum absolute atomic E-state index is 0.530. The lowest BCUT2D eigenvalue weighted by molar-refractivity contribution is 0.364. The predicted octanol–water partition coefficient (Wildman–Crippen LogP) is 4.43. The van der Waals surface area contributed by atoms with Crippen molar-refractivity contribution in [1.82, 2.24) is 5.32 Å². The van der Waals surface area contributed by atoms with E-state index in [0.717, 1.165) is 6.54 Å². The van der Waals surface area contributed by atoms with Crippen molar-refractivity contribution in [2.45, 2.75) is 52.6 Å². The quantitative estimate of drug-likeness (QED) is 0.870. The summed E-state index contributed by atoms with van der Waals surface area (Å²) in [5.74, 6) is 0. The average Bonchev–Trinajstić information content (AvgIpc) is 2.57. The monoisotopic (exact) mass is 295 g/mol. The minimum atomic E-state index is 0.530. The van der Waals surface area contributed by atoms with Gasteiger partial charge < -0.3 is 5.32 Å². The van der Waals surface area contributed by atoms with Gasteiger partial charge in [0.15, 0.2) is 0 Å².